The average Bonchev–Trinajstić information content (AvgIpc) is 2.66. The van der Waals surface area contributed by atoms with Crippen molar-refractivity contribution in [2.24, 2.45) is 0 Å². The highest BCUT2D eigenvalue weighted by atomic mass is 16.6. The van der Waals surface area contributed by atoms with E-state index >= 15 is 0 Å². The normalized spacial score (nSPS) is 16.9. The van der Waals surface area contributed by atoms with Gasteiger partial charge in [0.25, 0.3) is 5.69 Å². The van der Waals surface area contributed by atoms with Gasteiger partial charge >= 0.3 is 11.9 Å². The van der Waals surface area contributed by atoms with E-state index in [2.05, 4.69) is 0 Å². The molecule has 0 amide bonds. The van der Waals surface area contributed by atoms with Gasteiger partial charge in [0.05, 0.1) is 34.7 Å². The first-order valence-electron chi connectivity index (χ1n) is 9.46. The number of rotatable bonds is 8. The van der Waals surface area contributed by atoms with Crippen LogP contribution >= 0.6 is 0 Å². The summed E-state index contributed by atoms with van der Waals surface area (Å²) in [6, 6.07) is 5.66. The summed E-state index contributed by atoms with van der Waals surface area (Å²) in [5, 5.41) is 21.3. The molecule has 0 fully saturated rings. The van der Waals surface area contributed by atoms with Gasteiger partial charge in [-0.2, -0.15) is 0 Å². The summed E-state index contributed by atoms with van der Waals surface area (Å²) in [5.74, 6) is -2.88. The number of allylic oxidation sites excluding steroid dienone is 2. The molecule has 1 unspecified atom stereocenters. The fraction of sp³-hybridized carbons (Fsp3) is 0.429. The molecule has 1 aliphatic heterocycles. The number of hydrogen-bond acceptors (Lipinski definition) is 7. The standard InChI is InChI=1S/C21H26N2O7/c1-12(2)30-21(26)18-14(4)22(9-10-29-5)13(3)17(20(24)25)19(18)15-7-6-8-16(11-15)23(27)28/h6-8,11-12,19H,9-10H2,1-5H3,(H,24,25). The number of non-ortho nitro benzene ring substituents is 1. The highest BCUT2D eigenvalue weighted by Crippen LogP contribution is 2.43. The van der Waals surface area contributed by atoms with Crippen LogP contribution in [0.5, 0.6) is 0 Å². The molecule has 1 aliphatic rings. The molecule has 0 saturated carbocycles. The Kier molecular flexibility index (Phi) is 7.33. The summed E-state index contributed by atoms with van der Waals surface area (Å²) < 4.78 is 10.5. The molecule has 0 spiro atoms. The van der Waals surface area contributed by atoms with Gasteiger partial charge in [-0.15, -0.1) is 0 Å². The van der Waals surface area contributed by atoms with Crippen LogP contribution in [-0.2, 0) is 19.1 Å². The molecule has 0 aromatic heterocycles. The van der Waals surface area contributed by atoms with Gasteiger partial charge < -0.3 is 19.5 Å². The van der Waals surface area contributed by atoms with Gasteiger partial charge in [0, 0.05) is 37.2 Å². The maximum atomic E-state index is 13.0. The van der Waals surface area contributed by atoms with Crippen molar-refractivity contribution in [3.8, 4) is 0 Å². The monoisotopic (exact) mass is 418 g/mol. The second kappa shape index (κ2) is 9.53. The van der Waals surface area contributed by atoms with Gasteiger partial charge in [0.15, 0.2) is 0 Å². The van der Waals surface area contributed by atoms with Crippen LogP contribution in [0.4, 0.5) is 5.69 Å². The van der Waals surface area contributed by atoms with Crippen LogP contribution in [0.2, 0.25) is 0 Å². The third kappa shape index (κ3) is 4.68. The summed E-state index contributed by atoms with van der Waals surface area (Å²) in [7, 11) is 1.53. The number of carboxylic acid groups (broad SMARTS) is 1. The van der Waals surface area contributed by atoms with Gasteiger partial charge in [-0.3, -0.25) is 10.1 Å². The van der Waals surface area contributed by atoms with Crippen molar-refractivity contribution < 1.29 is 29.1 Å². The molecule has 9 nitrogen and oxygen atoms in total. The Morgan fingerprint density at radius 3 is 2.40 bits per heavy atom. The van der Waals surface area contributed by atoms with E-state index < -0.39 is 28.9 Å². The van der Waals surface area contributed by atoms with E-state index in [-0.39, 0.29) is 16.8 Å². The number of aliphatic carboxylic acids is 1. The van der Waals surface area contributed by atoms with Crippen LogP contribution in [0.1, 0.15) is 39.2 Å². The summed E-state index contributed by atoms with van der Waals surface area (Å²) in [5.41, 5.74) is 1.22. The van der Waals surface area contributed by atoms with E-state index in [1.165, 1.54) is 25.3 Å². The number of methoxy groups -OCH3 is 1. The predicted molar refractivity (Wildman–Crippen MR) is 109 cm³/mol. The zero-order chi connectivity index (χ0) is 22.6. The van der Waals surface area contributed by atoms with Crippen LogP contribution in [0.25, 0.3) is 0 Å². The molecule has 1 aromatic rings. The van der Waals surface area contributed by atoms with E-state index in [1.807, 2.05) is 0 Å². The number of hydrogen-bond donors (Lipinski definition) is 1. The number of nitro groups is 1. The van der Waals surface area contributed by atoms with E-state index in [0.29, 0.717) is 30.1 Å². The van der Waals surface area contributed by atoms with Gasteiger partial charge in [-0.25, -0.2) is 9.59 Å². The zero-order valence-electron chi connectivity index (χ0n) is 17.7. The van der Waals surface area contributed by atoms with Crippen molar-refractivity contribution in [3.63, 3.8) is 0 Å². The molecule has 1 N–H and O–H groups in total. The van der Waals surface area contributed by atoms with Crippen molar-refractivity contribution in [2.75, 3.05) is 20.3 Å². The number of esters is 1. The Morgan fingerprint density at radius 1 is 1.23 bits per heavy atom. The maximum Gasteiger partial charge on any atom is 0.337 e. The minimum atomic E-state index is -1.21. The van der Waals surface area contributed by atoms with E-state index in [1.54, 1.807) is 38.7 Å². The van der Waals surface area contributed by atoms with E-state index in [9.17, 15) is 24.8 Å². The predicted octanol–water partition coefficient (Wildman–Crippen LogP) is 3.22. The first-order valence-corrected chi connectivity index (χ1v) is 9.46. The second-order valence-corrected chi connectivity index (χ2v) is 7.19. The van der Waals surface area contributed by atoms with Gasteiger partial charge in [0.1, 0.15) is 0 Å². The largest absolute Gasteiger partial charge is 0.478 e. The first-order chi connectivity index (χ1) is 14.1. The van der Waals surface area contributed by atoms with Crippen molar-refractivity contribution in [1.29, 1.82) is 0 Å². The van der Waals surface area contributed by atoms with E-state index in [4.69, 9.17) is 9.47 Å². The molecule has 9 heteroatoms. The third-order valence-electron chi connectivity index (χ3n) is 4.89. The van der Waals surface area contributed by atoms with Crippen LogP contribution in [-0.4, -0.2) is 53.2 Å². The molecule has 1 atom stereocenters. The average molecular weight is 418 g/mol. The number of carbonyl (C=O) groups excluding carboxylic acids is 1. The zero-order valence-corrected chi connectivity index (χ0v) is 17.7. The highest BCUT2D eigenvalue weighted by molar-refractivity contribution is 5.99. The summed E-state index contributed by atoms with van der Waals surface area (Å²) in [6.07, 6.45) is -0.420. The number of nitrogens with zero attached hydrogens (tertiary/aromatic N) is 2. The van der Waals surface area contributed by atoms with Crippen LogP contribution in [0, 0.1) is 10.1 Å². The van der Waals surface area contributed by atoms with Gasteiger partial charge in [-0.05, 0) is 33.3 Å². The van der Waals surface area contributed by atoms with E-state index in [0.717, 1.165) is 0 Å². The Balaban J connectivity index is 2.76. The molecule has 0 aliphatic carbocycles. The van der Waals surface area contributed by atoms with Crippen LogP contribution in [0.3, 0.4) is 0 Å². The fourth-order valence-corrected chi connectivity index (χ4v) is 3.60. The summed E-state index contributed by atoms with van der Waals surface area (Å²) in [6.45, 7) is 7.40. The minimum absolute atomic E-state index is 0.0343. The lowest BCUT2D eigenvalue weighted by Crippen LogP contribution is -2.36. The Labute approximate surface area is 174 Å². The minimum Gasteiger partial charge on any atom is -0.478 e. The molecule has 30 heavy (non-hydrogen) atoms. The lowest BCUT2D eigenvalue weighted by Gasteiger charge is -2.37. The number of carboxylic acids is 1. The SMILES string of the molecule is COCCN1C(C)=C(C(=O)O)C(c2cccc([N+](=O)[O-])c2)C(C(=O)OC(C)C)=C1C. The quantitative estimate of drug-likeness (QED) is 0.388. The Bertz CT molecular complexity index is 918. The van der Waals surface area contributed by atoms with Crippen molar-refractivity contribution in [3.05, 3.63) is 62.5 Å². The van der Waals surface area contributed by atoms with Gasteiger partial charge in [-0.1, -0.05) is 12.1 Å². The van der Waals surface area contributed by atoms with Gasteiger partial charge in [0.2, 0.25) is 0 Å². The summed E-state index contributed by atoms with van der Waals surface area (Å²) in [4.78, 5) is 37.7. The second-order valence-electron chi connectivity index (χ2n) is 7.19. The fourth-order valence-electron chi connectivity index (χ4n) is 3.60. The lowest BCUT2D eigenvalue weighted by atomic mass is 9.79. The maximum absolute atomic E-state index is 13.0. The Morgan fingerprint density at radius 2 is 1.87 bits per heavy atom. The number of benzene rings is 1. The third-order valence-corrected chi connectivity index (χ3v) is 4.89. The summed E-state index contributed by atoms with van der Waals surface area (Å²) >= 11 is 0. The number of carbonyl (C=O) groups is 2. The van der Waals surface area contributed by atoms with Crippen LogP contribution < -0.4 is 0 Å². The topological polar surface area (TPSA) is 119 Å². The van der Waals surface area contributed by atoms with Crippen LogP contribution in [0.15, 0.2) is 46.8 Å². The van der Waals surface area contributed by atoms with Crippen molar-refractivity contribution >= 4 is 17.6 Å². The Hall–Kier alpha value is -3.20. The first kappa shape index (κ1) is 23.1. The molecular weight excluding hydrogens is 392 g/mol. The van der Waals surface area contributed by atoms with Crippen molar-refractivity contribution in [1.82, 2.24) is 4.90 Å². The molecular formula is C21H26N2O7. The number of nitro benzene ring substituents is 1. The molecule has 0 radical (unpaired) electrons. The molecule has 162 valence electrons. The highest BCUT2D eigenvalue weighted by Gasteiger charge is 2.40. The lowest BCUT2D eigenvalue weighted by molar-refractivity contribution is -0.384. The molecule has 1 aromatic carbocycles. The smallest absolute Gasteiger partial charge is 0.337 e. The molecule has 0 bridgehead atoms. The molecule has 2 rings (SSSR count). The number of ether oxygens (including phenoxy) is 2. The molecule has 0 saturated heterocycles. The van der Waals surface area contributed by atoms with Crippen molar-refractivity contribution in [2.45, 2.75) is 39.7 Å². The molecule has 1 heterocycles.